The lowest BCUT2D eigenvalue weighted by Crippen LogP contribution is -2.36. The number of anilines is 2. The summed E-state index contributed by atoms with van der Waals surface area (Å²) in [5, 5.41) is 21.1. The number of benzene rings is 2. The molecular weight excluding hydrogens is 440 g/mol. The van der Waals surface area contributed by atoms with Gasteiger partial charge < -0.3 is 15.7 Å². The molecule has 3 N–H and O–H groups in total. The summed E-state index contributed by atoms with van der Waals surface area (Å²) < 4.78 is 1.68. The van der Waals surface area contributed by atoms with Gasteiger partial charge in [-0.2, -0.15) is 5.10 Å². The molecule has 0 bridgehead atoms. The minimum Gasteiger partial charge on any atom is -0.508 e. The highest BCUT2D eigenvalue weighted by molar-refractivity contribution is 6.30. The number of amides is 1. The number of nitrogens with one attached hydrogen (secondary N) is 2. The Morgan fingerprint density at radius 2 is 1.85 bits per heavy atom. The molecule has 1 atom stereocenters. The summed E-state index contributed by atoms with van der Waals surface area (Å²) in [6, 6.07) is 13.1. The molecule has 0 fully saturated rings. The van der Waals surface area contributed by atoms with Gasteiger partial charge in [-0.3, -0.25) is 9.59 Å². The van der Waals surface area contributed by atoms with Crippen LogP contribution in [0.1, 0.15) is 48.7 Å². The second-order valence-electron chi connectivity index (χ2n) is 9.26. The maximum absolute atomic E-state index is 13.2. The zero-order valence-corrected chi connectivity index (χ0v) is 19.0. The number of Topliss-reactive ketones (excluding diaryl/α,β-unsaturated/α-hetero) is 1. The van der Waals surface area contributed by atoms with Gasteiger partial charge in [0, 0.05) is 28.4 Å². The second-order valence-corrected chi connectivity index (χ2v) is 9.70. The first-order chi connectivity index (χ1) is 15.7. The Balaban J connectivity index is 1.58. The maximum Gasteiger partial charge on any atom is 0.261 e. The molecule has 1 amide bonds. The van der Waals surface area contributed by atoms with Crippen molar-refractivity contribution in [2.24, 2.45) is 5.41 Å². The number of fused-ring (bicyclic) bond motifs is 1. The van der Waals surface area contributed by atoms with Gasteiger partial charge in [0.25, 0.3) is 5.91 Å². The molecular formula is C25H23ClN4O3. The monoisotopic (exact) mass is 462 g/mol. The summed E-state index contributed by atoms with van der Waals surface area (Å²) in [6.07, 6.45) is 2.61. The molecule has 1 aliphatic carbocycles. The summed E-state index contributed by atoms with van der Waals surface area (Å²) in [6.45, 7) is 4.12. The van der Waals surface area contributed by atoms with Crippen molar-refractivity contribution < 1.29 is 14.7 Å². The number of ketones is 1. The highest BCUT2D eigenvalue weighted by Gasteiger charge is 2.42. The van der Waals surface area contributed by atoms with Crippen LogP contribution < -0.4 is 10.6 Å². The van der Waals surface area contributed by atoms with E-state index < -0.39 is 6.04 Å². The van der Waals surface area contributed by atoms with Gasteiger partial charge >= 0.3 is 0 Å². The topological polar surface area (TPSA) is 96.3 Å². The Bertz CT molecular complexity index is 1290. The third-order valence-electron chi connectivity index (χ3n) is 6.06. The Hall–Kier alpha value is -3.58. The number of phenols is 1. The number of hydrogen-bond donors (Lipinski definition) is 3. The van der Waals surface area contributed by atoms with Crippen molar-refractivity contribution in [1.29, 1.82) is 0 Å². The lowest BCUT2D eigenvalue weighted by molar-refractivity contribution is -0.118. The Labute approximate surface area is 196 Å². The SMILES string of the molecule is CC1(C)CC(=O)C2=C(C1)Nc1c(C(=O)Nc3ccc(Cl)cc3)cnn1[C@H]2c1ccc(O)cc1. The lowest BCUT2D eigenvalue weighted by atomic mass is 9.73. The molecule has 2 heterocycles. The fraction of sp³-hybridized carbons (Fsp3) is 0.240. The van der Waals surface area contributed by atoms with E-state index in [4.69, 9.17) is 11.6 Å². The van der Waals surface area contributed by atoms with Crippen molar-refractivity contribution >= 4 is 34.8 Å². The van der Waals surface area contributed by atoms with Gasteiger partial charge in [0.1, 0.15) is 23.2 Å². The second kappa shape index (κ2) is 7.78. The van der Waals surface area contributed by atoms with E-state index in [1.54, 1.807) is 53.2 Å². The first-order valence-corrected chi connectivity index (χ1v) is 11.1. The van der Waals surface area contributed by atoms with Crippen molar-refractivity contribution in [1.82, 2.24) is 9.78 Å². The van der Waals surface area contributed by atoms with Gasteiger partial charge in [-0.05, 0) is 53.8 Å². The molecule has 0 unspecified atom stereocenters. The van der Waals surface area contributed by atoms with E-state index in [9.17, 15) is 14.7 Å². The molecule has 0 saturated carbocycles. The smallest absolute Gasteiger partial charge is 0.261 e. The molecule has 0 saturated heterocycles. The van der Waals surface area contributed by atoms with Crippen LogP contribution in [0, 0.1) is 5.41 Å². The van der Waals surface area contributed by atoms with Gasteiger partial charge in [-0.1, -0.05) is 37.6 Å². The van der Waals surface area contributed by atoms with E-state index >= 15 is 0 Å². The van der Waals surface area contributed by atoms with Gasteiger partial charge in [0.2, 0.25) is 0 Å². The zero-order valence-electron chi connectivity index (χ0n) is 18.2. The number of nitrogens with zero attached hydrogens (tertiary/aromatic N) is 2. The quantitative estimate of drug-likeness (QED) is 0.500. The summed E-state index contributed by atoms with van der Waals surface area (Å²) in [7, 11) is 0. The number of halogens is 1. The normalized spacial score (nSPS) is 18.9. The molecule has 33 heavy (non-hydrogen) atoms. The minimum atomic E-state index is -0.488. The first kappa shape index (κ1) is 21.3. The van der Waals surface area contributed by atoms with Crippen LogP contribution in [-0.4, -0.2) is 26.6 Å². The number of carbonyl (C=O) groups is 2. The minimum absolute atomic E-state index is 0.0557. The number of allylic oxidation sites excluding steroid dienone is 2. The molecule has 168 valence electrons. The van der Waals surface area contributed by atoms with E-state index in [1.165, 1.54) is 6.20 Å². The molecule has 1 aliphatic heterocycles. The van der Waals surface area contributed by atoms with E-state index in [0.717, 1.165) is 11.3 Å². The molecule has 7 nitrogen and oxygen atoms in total. The molecule has 0 spiro atoms. The number of aromatic nitrogens is 2. The largest absolute Gasteiger partial charge is 0.508 e. The third-order valence-corrected chi connectivity index (χ3v) is 6.31. The van der Waals surface area contributed by atoms with Crippen LogP contribution in [0.2, 0.25) is 5.02 Å². The van der Waals surface area contributed by atoms with Crippen LogP contribution in [-0.2, 0) is 4.79 Å². The number of aromatic hydroxyl groups is 1. The fourth-order valence-electron chi connectivity index (χ4n) is 4.57. The summed E-state index contributed by atoms with van der Waals surface area (Å²) >= 11 is 5.94. The van der Waals surface area contributed by atoms with E-state index in [2.05, 4.69) is 29.6 Å². The molecule has 1 aromatic heterocycles. The standard InChI is InChI=1S/C25H23ClN4O3/c1-25(2)11-19-21(20(32)12-25)22(14-3-9-17(31)10-4-14)30-23(29-19)18(13-27-30)24(33)28-16-7-5-15(26)6-8-16/h3-10,13,22,29,31H,11-12H2,1-2H3,(H,28,33)/t22-/m0/s1. The highest BCUT2D eigenvalue weighted by atomic mass is 35.5. The van der Waals surface area contributed by atoms with Gasteiger partial charge in [0.05, 0.1) is 6.20 Å². The van der Waals surface area contributed by atoms with Crippen LogP contribution in [0.4, 0.5) is 11.5 Å². The van der Waals surface area contributed by atoms with Crippen molar-refractivity contribution in [3.05, 3.63) is 82.1 Å². The average Bonchev–Trinajstić information content (AvgIpc) is 3.17. The summed E-state index contributed by atoms with van der Waals surface area (Å²) in [4.78, 5) is 26.4. The highest BCUT2D eigenvalue weighted by Crippen LogP contribution is 2.46. The van der Waals surface area contributed by atoms with E-state index in [0.29, 0.717) is 40.5 Å². The molecule has 2 aromatic carbocycles. The fourth-order valence-corrected chi connectivity index (χ4v) is 4.70. The molecule has 3 aromatic rings. The van der Waals surface area contributed by atoms with Crippen LogP contribution in [0.3, 0.4) is 0 Å². The Morgan fingerprint density at radius 3 is 2.55 bits per heavy atom. The molecule has 2 aliphatic rings. The van der Waals surface area contributed by atoms with Crippen molar-refractivity contribution in [3.8, 4) is 5.75 Å². The summed E-state index contributed by atoms with van der Waals surface area (Å²) in [5.74, 6) is 0.409. The number of phenolic OH excluding ortho intramolecular Hbond substituents is 1. The van der Waals surface area contributed by atoms with Crippen molar-refractivity contribution in [2.75, 3.05) is 10.6 Å². The van der Waals surface area contributed by atoms with Crippen LogP contribution in [0.5, 0.6) is 5.75 Å². The van der Waals surface area contributed by atoms with Gasteiger partial charge in [-0.15, -0.1) is 0 Å². The number of rotatable bonds is 3. The molecule has 0 radical (unpaired) electrons. The number of hydrogen-bond acceptors (Lipinski definition) is 5. The van der Waals surface area contributed by atoms with Gasteiger partial charge in [0.15, 0.2) is 5.78 Å². The maximum atomic E-state index is 13.2. The third kappa shape index (κ3) is 3.89. The van der Waals surface area contributed by atoms with E-state index in [-0.39, 0.29) is 22.9 Å². The number of carbonyl (C=O) groups excluding carboxylic acids is 2. The zero-order chi connectivity index (χ0) is 23.3. The predicted molar refractivity (Wildman–Crippen MR) is 127 cm³/mol. The Morgan fingerprint density at radius 1 is 1.15 bits per heavy atom. The molecule has 8 heteroatoms. The van der Waals surface area contributed by atoms with Crippen LogP contribution >= 0.6 is 11.6 Å². The average molecular weight is 463 g/mol. The van der Waals surface area contributed by atoms with Crippen molar-refractivity contribution in [2.45, 2.75) is 32.7 Å². The lowest BCUT2D eigenvalue weighted by Gasteiger charge is -2.39. The van der Waals surface area contributed by atoms with E-state index in [1.807, 2.05) is 0 Å². The van der Waals surface area contributed by atoms with Gasteiger partial charge in [-0.25, -0.2) is 4.68 Å². The Kier molecular flexibility index (Phi) is 5.01. The van der Waals surface area contributed by atoms with Crippen LogP contribution in [0.15, 0.2) is 66.0 Å². The van der Waals surface area contributed by atoms with Crippen molar-refractivity contribution in [3.63, 3.8) is 0 Å². The predicted octanol–water partition coefficient (Wildman–Crippen LogP) is 5.15. The molecule has 5 rings (SSSR count). The van der Waals surface area contributed by atoms with Crippen LogP contribution in [0.25, 0.3) is 0 Å². The summed E-state index contributed by atoms with van der Waals surface area (Å²) in [5.41, 5.74) is 3.06. The first-order valence-electron chi connectivity index (χ1n) is 10.7.